The largest absolute Gasteiger partial charge is 0.309 e. The summed E-state index contributed by atoms with van der Waals surface area (Å²) in [7, 11) is 0. The van der Waals surface area contributed by atoms with Crippen molar-refractivity contribution < 1.29 is 0 Å². The summed E-state index contributed by atoms with van der Waals surface area (Å²) in [6, 6.07) is 0. The molecule has 0 aliphatic rings. The van der Waals surface area contributed by atoms with Crippen LogP contribution in [-0.4, -0.2) is 6.21 Å². The van der Waals surface area contributed by atoms with Crippen LogP contribution in [0.5, 0.6) is 0 Å². The van der Waals surface area contributed by atoms with Gasteiger partial charge in [-0.25, -0.2) is 0 Å². The highest BCUT2D eigenvalue weighted by Gasteiger charge is 1.94. The van der Waals surface area contributed by atoms with E-state index in [9.17, 15) is 0 Å². The van der Waals surface area contributed by atoms with Crippen molar-refractivity contribution in [2.75, 3.05) is 0 Å². The monoisotopic (exact) mass is 167 g/mol. The molecule has 0 aliphatic carbocycles. The Balaban J connectivity index is 0. The topological polar surface area (TPSA) is 23.9 Å². The van der Waals surface area contributed by atoms with E-state index in [2.05, 4.69) is 19.9 Å². The lowest BCUT2D eigenvalue weighted by atomic mass is 10.0. The second kappa shape index (κ2) is 10.2. The summed E-state index contributed by atoms with van der Waals surface area (Å²) in [5.41, 5.74) is 1.28. The van der Waals surface area contributed by atoms with Gasteiger partial charge in [0.2, 0.25) is 0 Å². The minimum absolute atomic E-state index is 0.557. The molecular formula is C11H21N. The second-order valence-corrected chi connectivity index (χ2v) is 2.47. The molecule has 0 radical (unpaired) electrons. The molecule has 0 saturated heterocycles. The Labute approximate surface area is 76.7 Å². The quantitative estimate of drug-likeness (QED) is 0.488. The van der Waals surface area contributed by atoms with Crippen LogP contribution in [0.4, 0.5) is 0 Å². The highest BCUT2D eigenvalue weighted by Crippen LogP contribution is 2.09. The normalized spacial score (nSPS) is 11.3. The van der Waals surface area contributed by atoms with Crippen LogP contribution in [0, 0.1) is 11.3 Å². The first-order chi connectivity index (χ1) is 5.72. The van der Waals surface area contributed by atoms with Crippen LogP contribution in [0.15, 0.2) is 23.8 Å². The van der Waals surface area contributed by atoms with E-state index in [4.69, 9.17) is 5.41 Å². The number of hydrogen-bond acceptors (Lipinski definition) is 1. The Morgan fingerprint density at radius 3 is 2.00 bits per heavy atom. The smallest absolute Gasteiger partial charge is 0.0177 e. The predicted molar refractivity (Wildman–Crippen MR) is 57.9 cm³/mol. The molecule has 0 aromatic heterocycles. The fourth-order valence-corrected chi connectivity index (χ4v) is 0.781. The number of rotatable bonds is 3. The van der Waals surface area contributed by atoms with Crippen LogP contribution in [0.2, 0.25) is 0 Å². The summed E-state index contributed by atoms with van der Waals surface area (Å²) in [4.78, 5) is 0. The number of hydrogen-bond donors (Lipinski definition) is 1. The van der Waals surface area contributed by atoms with Crippen LogP contribution in [-0.2, 0) is 0 Å². The zero-order valence-electron chi connectivity index (χ0n) is 8.89. The molecule has 0 unspecified atom stereocenters. The van der Waals surface area contributed by atoms with E-state index in [1.54, 1.807) is 6.08 Å². The summed E-state index contributed by atoms with van der Waals surface area (Å²) in [5, 5.41) is 6.77. The maximum absolute atomic E-state index is 6.77. The maximum atomic E-state index is 6.77. The summed E-state index contributed by atoms with van der Waals surface area (Å²) < 4.78 is 0. The van der Waals surface area contributed by atoms with Gasteiger partial charge in [0.05, 0.1) is 0 Å². The summed E-state index contributed by atoms with van der Waals surface area (Å²) in [5.74, 6) is 0.557. The van der Waals surface area contributed by atoms with Crippen molar-refractivity contribution in [2.24, 2.45) is 5.92 Å². The average Bonchev–Trinajstić information content (AvgIpc) is 2.09. The molecular weight excluding hydrogens is 146 g/mol. The minimum Gasteiger partial charge on any atom is -0.309 e. The molecule has 1 heteroatoms. The summed E-state index contributed by atoms with van der Waals surface area (Å²) in [6.07, 6.45) is 7.09. The van der Waals surface area contributed by atoms with Crippen molar-refractivity contribution >= 4 is 6.21 Å². The van der Waals surface area contributed by atoms with Gasteiger partial charge in [-0.05, 0) is 24.5 Å². The molecule has 70 valence electrons. The van der Waals surface area contributed by atoms with Gasteiger partial charge in [-0.3, -0.25) is 0 Å². The van der Waals surface area contributed by atoms with E-state index in [0.717, 1.165) is 0 Å². The van der Waals surface area contributed by atoms with Crippen LogP contribution >= 0.6 is 0 Å². The number of nitrogens with one attached hydrogen (secondary N) is 1. The van der Waals surface area contributed by atoms with Gasteiger partial charge in [0.15, 0.2) is 0 Å². The molecule has 0 amide bonds. The van der Waals surface area contributed by atoms with Crippen molar-refractivity contribution in [2.45, 2.75) is 34.6 Å². The Morgan fingerprint density at radius 2 is 1.75 bits per heavy atom. The molecule has 1 N–H and O–H groups in total. The summed E-state index contributed by atoms with van der Waals surface area (Å²) >= 11 is 0. The highest BCUT2D eigenvalue weighted by molar-refractivity contribution is 5.68. The van der Waals surface area contributed by atoms with Crippen molar-refractivity contribution in [1.29, 1.82) is 5.41 Å². The van der Waals surface area contributed by atoms with E-state index in [-0.39, 0.29) is 0 Å². The Morgan fingerprint density at radius 1 is 1.25 bits per heavy atom. The van der Waals surface area contributed by atoms with E-state index in [0.29, 0.717) is 5.92 Å². The molecule has 0 spiro atoms. The fraction of sp³-hybridized carbons (Fsp3) is 0.545. The molecule has 0 atom stereocenters. The van der Waals surface area contributed by atoms with Gasteiger partial charge in [0.1, 0.15) is 0 Å². The van der Waals surface area contributed by atoms with Crippen LogP contribution in [0.3, 0.4) is 0 Å². The standard InChI is InChI=1S/C9H15N.C2H6/c1-4-9(8(2)3)6-5-7-10;1-2/h4-8,10H,1-3H3;1-2H3/b6-5-,9-4+,10-7?;. The zero-order chi connectivity index (χ0) is 9.98. The SMILES string of the molecule is C/C=C(\C=C/C=N)C(C)C.CC. The fourth-order valence-electron chi connectivity index (χ4n) is 0.781. The first-order valence-corrected chi connectivity index (χ1v) is 4.55. The van der Waals surface area contributed by atoms with Gasteiger partial charge in [0, 0.05) is 6.21 Å². The average molecular weight is 167 g/mol. The van der Waals surface area contributed by atoms with Gasteiger partial charge in [-0.1, -0.05) is 39.8 Å². The van der Waals surface area contributed by atoms with E-state index in [1.165, 1.54) is 11.8 Å². The van der Waals surface area contributed by atoms with Crippen LogP contribution in [0.25, 0.3) is 0 Å². The molecule has 0 heterocycles. The minimum atomic E-state index is 0.557. The first-order valence-electron chi connectivity index (χ1n) is 4.55. The molecule has 0 aromatic rings. The maximum Gasteiger partial charge on any atom is 0.0177 e. The Kier molecular flexibility index (Phi) is 11.6. The predicted octanol–water partition coefficient (Wildman–Crippen LogP) is 3.82. The Bertz CT molecular complexity index is 152. The number of allylic oxidation sites excluding steroid dienone is 4. The van der Waals surface area contributed by atoms with Gasteiger partial charge in [0.25, 0.3) is 0 Å². The van der Waals surface area contributed by atoms with E-state index in [1.807, 2.05) is 26.8 Å². The first kappa shape index (κ1) is 13.7. The second-order valence-electron chi connectivity index (χ2n) is 2.47. The molecule has 0 rings (SSSR count). The van der Waals surface area contributed by atoms with Gasteiger partial charge < -0.3 is 5.41 Å². The van der Waals surface area contributed by atoms with E-state index < -0.39 is 0 Å². The lowest BCUT2D eigenvalue weighted by Gasteiger charge is -2.03. The highest BCUT2D eigenvalue weighted by atomic mass is 14.3. The zero-order valence-corrected chi connectivity index (χ0v) is 8.89. The third-order valence-corrected chi connectivity index (χ3v) is 1.38. The van der Waals surface area contributed by atoms with E-state index >= 15 is 0 Å². The molecule has 0 fully saturated rings. The third-order valence-electron chi connectivity index (χ3n) is 1.38. The van der Waals surface area contributed by atoms with Crippen molar-refractivity contribution in [3.8, 4) is 0 Å². The van der Waals surface area contributed by atoms with Gasteiger partial charge in [-0.15, -0.1) is 0 Å². The molecule has 1 nitrogen and oxygen atoms in total. The summed E-state index contributed by atoms with van der Waals surface area (Å²) in [6.45, 7) is 10.3. The third kappa shape index (κ3) is 7.26. The van der Waals surface area contributed by atoms with Crippen molar-refractivity contribution in [1.82, 2.24) is 0 Å². The lowest BCUT2D eigenvalue weighted by Crippen LogP contribution is -1.88. The Hall–Kier alpha value is -0.850. The van der Waals surface area contributed by atoms with Gasteiger partial charge >= 0.3 is 0 Å². The molecule has 0 saturated carbocycles. The van der Waals surface area contributed by atoms with Crippen molar-refractivity contribution in [3.63, 3.8) is 0 Å². The van der Waals surface area contributed by atoms with Crippen LogP contribution < -0.4 is 0 Å². The molecule has 0 bridgehead atoms. The molecule has 0 aromatic carbocycles. The molecule has 12 heavy (non-hydrogen) atoms. The van der Waals surface area contributed by atoms with Crippen molar-refractivity contribution in [3.05, 3.63) is 23.8 Å². The molecule has 0 aliphatic heterocycles. The van der Waals surface area contributed by atoms with Crippen LogP contribution in [0.1, 0.15) is 34.6 Å². The lowest BCUT2D eigenvalue weighted by molar-refractivity contribution is 0.790. The van der Waals surface area contributed by atoms with Gasteiger partial charge in [-0.2, -0.15) is 0 Å².